The molecule has 0 saturated carbocycles. The number of benzene rings is 2. The van der Waals surface area contributed by atoms with E-state index in [-0.39, 0.29) is 19.2 Å². The second-order valence-corrected chi connectivity index (χ2v) is 6.82. The first-order valence-electron chi connectivity index (χ1n) is 9.10. The van der Waals surface area contributed by atoms with Crippen molar-refractivity contribution >= 4 is 5.91 Å². The van der Waals surface area contributed by atoms with Crippen molar-refractivity contribution in [2.24, 2.45) is 0 Å². The number of aryl methyl sites for hydroxylation is 2. The maximum atomic E-state index is 12.4. The minimum atomic E-state index is 0.00718. The first-order chi connectivity index (χ1) is 13.6. The summed E-state index contributed by atoms with van der Waals surface area (Å²) in [6.07, 6.45) is 1.01. The molecule has 1 amide bonds. The van der Waals surface area contributed by atoms with E-state index in [2.05, 4.69) is 10.1 Å². The number of hydrogen-bond donors (Lipinski definition) is 0. The number of aromatic nitrogens is 2. The first-order valence-corrected chi connectivity index (χ1v) is 9.10. The summed E-state index contributed by atoms with van der Waals surface area (Å²) in [7, 11) is 1.73. The average Bonchev–Trinajstić information content (AvgIpc) is 3.35. The van der Waals surface area contributed by atoms with Crippen LogP contribution in [0.1, 0.15) is 23.4 Å². The maximum Gasteiger partial charge on any atom is 0.246 e. The molecule has 0 aliphatic carbocycles. The molecule has 1 aliphatic rings. The summed E-state index contributed by atoms with van der Waals surface area (Å²) in [5.74, 6) is 2.42. The number of hydrogen-bond acceptors (Lipinski definition) is 6. The van der Waals surface area contributed by atoms with E-state index < -0.39 is 0 Å². The lowest BCUT2D eigenvalue weighted by Gasteiger charge is -2.14. The van der Waals surface area contributed by atoms with E-state index in [1.54, 1.807) is 11.9 Å². The lowest BCUT2D eigenvalue weighted by atomic mass is 10.1. The number of carbonyl (C=O) groups is 1. The van der Waals surface area contributed by atoms with Gasteiger partial charge in [0.15, 0.2) is 11.5 Å². The molecule has 0 radical (unpaired) electrons. The number of amides is 1. The molecular weight excluding hydrogens is 358 g/mol. The van der Waals surface area contributed by atoms with E-state index in [0.29, 0.717) is 24.6 Å². The van der Waals surface area contributed by atoms with Crippen molar-refractivity contribution in [1.29, 1.82) is 0 Å². The minimum absolute atomic E-state index is 0.00718. The van der Waals surface area contributed by atoms with E-state index >= 15 is 0 Å². The summed E-state index contributed by atoms with van der Waals surface area (Å²) in [5.41, 5.74) is 3.09. The van der Waals surface area contributed by atoms with Gasteiger partial charge >= 0.3 is 0 Å². The van der Waals surface area contributed by atoms with Gasteiger partial charge in [-0.15, -0.1) is 0 Å². The summed E-state index contributed by atoms with van der Waals surface area (Å²) in [4.78, 5) is 18.4. The van der Waals surface area contributed by atoms with E-state index in [4.69, 9.17) is 14.0 Å². The van der Waals surface area contributed by atoms with Crippen LogP contribution in [-0.2, 0) is 17.8 Å². The molecule has 0 atom stereocenters. The van der Waals surface area contributed by atoms with Crippen LogP contribution in [-0.4, -0.2) is 34.8 Å². The molecule has 0 unspecified atom stereocenters. The van der Waals surface area contributed by atoms with Crippen molar-refractivity contribution in [3.63, 3.8) is 0 Å². The van der Waals surface area contributed by atoms with Crippen LogP contribution in [0.3, 0.4) is 0 Å². The highest BCUT2D eigenvalue weighted by molar-refractivity contribution is 5.76. The summed E-state index contributed by atoms with van der Waals surface area (Å²) in [6.45, 7) is 2.55. The molecule has 0 saturated heterocycles. The predicted molar refractivity (Wildman–Crippen MR) is 102 cm³/mol. The lowest BCUT2D eigenvalue weighted by molar-refractivity contribution is -0.130. The standard InChI is InChI=1S/C21H21N3O4/c1-14-3-7-16(8-4-14)21-22-19(28-23-21)12-24(2)20(25)10-6-15-5-9-17-18(11-15)27-13-26-17/h3-5,7-9,11H,6,10,12-13H2,1-2H3. The zero-order chi connectivity index (χ0) is 19.5. The average molecular weight is 379 g/mol. The highest BCUT2D eigenvalue weighted by Gasteiger charge is 2.16. The molecule has 1 aliphatic heterocycles. The Morgan fingerprint density at radius 3 is 2.71 bits per heavy atom. The van der Waals surface area contributed by atoms with E-state index in [1.807, 2.05) is 49.4 Å². The molecule has 0 bridgehead atoms. The first kappa shape index (κ1) is 18.0. The van der Waals surface area contributed by atoms with Gasteiger partial charge in [-0.2, -0.15) is 4.98 Å². The number of fused-ring (bicyclic) bond motifs is 1. The summed E-state index contributed by atoms with van der Waals surface area (Å²) in [5, 5.41) is 4.01. The third-order valence-corrected chi connectivity index (χ3v) is 4.64. The quantitative estimate of drug-likeness (QED) is 0.654. The molecule has 4 rings (SSSR count). The van der Waals surface area contributed by atoms with Gasteiger partial charge < -0.3 is 18.9 Å². The minimum Gasteiger partial charge on any atom is -0.454 e. The molecule has 0 N–H and O–H groups in total. The number of ether oxygens (including phenoxy) is 2. The van der Waals surface area contributed by atoms with Crippen molar-refractivity contribution in [2.75, 3.05) is 13.8 Å². The molecule has 144 valence electrons. The van der Waals surface area contributed by atoms with Crippen LogP contribution in [0.2, 0.25) is 0 Å². The Labute approximate surface area is 162 Å². The fraction of sp³-hybridized carbons (Fsp3) is 0.286. The highest BCUT2D eigenvalue weighted by Crippen LogP contribution is 2.32. The lowest BCUT2D eigenvalue weighted by Crippen LogP contribution is -2.26. The summed E-state index contributed by atoms with van der Waals surface area (Å²) >= 11 is 0. The van der Waals surface area contributed by atoms with Gasteiger partial charge in [0, 0.05) is 19.0 Å². The molecule has 3 aromatic rings. The second-order valence-electron chi connectivity index (χ2n) is 6.82. The fourth-order valence-corrected chi connectivity index (χ4v) is 2.97. The largest absolute Gasteiger partial charge is 0.454 e. The fourth-order valence-electron chi connectivity index (χ4n) is 2.97. The SMILES string of the molecule is Cc1ccc(-c2noc(CN(C)C(=O)CCc3ccc4c(c3)OCO4)n2)cc1. The van der Waals surface area contributed by atoms with E-state index in [0.717, 1.165) is 22.6 Å². The van der Waals surface area contributed by atoms with Gasteiger partial charge in [0.05, 0.1) is 6.54 Å². The molecule has 2 heterocycles. The van der Waals surface area contributed by atoms with Gasteiger partial charge in [0.25, 0.3) is 0 Å². The third kappa shape index (κ3) is 3.98. The summed E-state index contributed by atoms with van der Waals surface area (Å²) < 4.78 is 16.0. The zero-order valence-corrected chi connectivity index (χ0v) is 15.8. The van der Waals surface area contributed by atoms with Gasteiger partial charge in [-0.05, 0) is 31.0 Å². The van der Waals surface area contributed by atoms with Crippen molar-refractivity contribution in [3.8, 4) is 22.9 Å². The van der Waals surface area contributed by atoms with Crippen LogP contribution in [0, 0.1) is 6.92 Å². The second kappa shape index (κ2) is 7.72. The molecular formula is C21H21N3O4. The third-order valence-electron chi connectivity index (χ3n) is 4.64. The Hall–Kier alpha value is -3.35. The molecule has 7 nitrogen and oxygen atoms in total. The number of nitrogens with zero attached hydrogens (tertiary/aromatic N) is 3. The van der Waals surface area contributed by atoms with Crippen LogP contribution in [0.5, 0.6) is 11.5 Å². The highest BCUT2D eigenvalue weighted by atomic mass is 16.7. The molecule has 0 spiro atoms. The van der Waals surface area contributed by atoms with Gasteiger partial charge in [0.2, 0.25) is 24.4 Å². The Balaban J connectivity index is 1.32. The smallest absolute Gasteiger partial charge is 0.246 e. The van der Waals surface area contributed by atoms with Crippen molar-refractivity contribution in [2.45, 2.75) is 26.3 Å². The maximum absolute atomic E-state index is 12.4. The Morgan fingerprint density at radius 1 is 1.11 bits per heavy atom. The topological polar surface area (TPSA) is 77.7 Å². The Bertz CT molecular complexity index is 982. The van der Waals surface area contributed by atoms with Crippen LogP contribution in [0.4, 0.5) is 0 Å². The molecule has 0 fully saturated rings. The number of carbonyl (C=O) groups excluding carboxylic acids is 1. The van der Waals surface area contributed by atoms with Crippen molar-refractivity contribution in [1.82, 2.24) is 15.0 Å². The van der Waals surface area contributed by atoms with Crippen molar-refractivity contribution in [3.05, 3.63) is 59.5 Å². The molecule has 2 aromatic carbocycles. The molecule has 28 heavy (non-hydrogen) atoms. The zero-order valence-electron chi connectivity index (χ0n) is 15.8. The number of rotatable bonds is 6. The van der Waals surface area contributed by atoms with Crippen molar-refractivity contribution < 1.29 is 18.8 Å². The Kier molecular flexibility index (Phi) is 4.97. The van der Waals surface area contributed by atoms with Crippen LogP contribution >= 0.6 is 0 Å². The van der Waals surface area contributed by atoms with Gasteiger partial charge in [0.1, 0.15) is 0 Å². The predicted octanol–water partition coefficient (Wildman–Crippen LogP) is 3.36. The van der Waals surface area contributed by atoms with Gasteiger partial charge in [-0.1, -0.05) is 41.1 Å². The van der Waals surface area contributed by atoms with Gasteiger partial charge in [-0.3, -0.25) is 4.79 Å². The van der Waals surface area contributed by atoms with Gasteiger partial charge in [-0.25, -0.2) is 0 Å². The Morgan fingerprint density at radius 2 is 1.89 bits per heavy atom. The van der Waals surface area contributed by atoms with E-state index in [1.165, 1.54) is 5.56 Å². The van der Waals surface area contributed by atoms with Crippen LogP contribution < -0.4 is 9.47 Å². The molecule has 7 heteroatoms. The van der Waals surface area contributed by atoms with Crippen LogP contribution in [0.25, 0.3) is 11.4 Å². The summed E-state index contributed by atoms with van der Waals surface area (Å²) in [6, 6.07) is 13.6. The van der Waals surface area contributed by atoms with Crippen LogP contribution in [0.15, 0.2) is 47.0 Å². The van der Waals surface area contributed by atoms with E-state index in [9.17, 15) is 4.79 Å². The normalized spacial score (nSPS) is 12.2. The molecule has 1 aromatic heterocycles. The monoisotopic (exact) mass is 379 g/mol.